The minimum Gasteiger partial charge on any atom is -0.458 e. The molecule has 2 saturated carbocycles. The molecule has 5 atom stereocenters. The molecule has 0 aromatic heterocycles. The Kier molecular flexibility index (Phi) is 5.91. The Labute approximate surface area is 212 Å². The molecule has 3 aliphatic rings. The first kappa shape index (κ1) is 23.0. The van der Waals surface area contributed by atoms with Crippen molar-refractivity contribution in [2.75, 3.05) is 0 Å². The molecule has 0 radical (unpaired) electrons. The van der Waals surface area contributed by atoms with Crippen LogP contribution >= 0.6 is 0 Å². The standard InChI is InChI=1S/C32H32O4/c1-32-19-18-26-25-15-13-24(35-30(33)21-8-4-2-5-9-21)20-23(25)12-14-27(26)28(32)16-17-29(32)36-31(34)22-10-6-3-7-11-22/h2-11,13,15,20,26-29H,12,14,16-19H2,1H3/t26-,27+,28+,29+,32+/m1/s1. The van der Waals surface area contributed by atoms with Crippen molar-refractivity contribution in [2.45, 2.75) is 57.5 Å². The van der Waals surface area contributed by atoms with Crippen LogP contribution in [0.1, 0.15) is 76.8 Å². The van der Waals surface area contributed by atoms with Crippen molar-refractivity contribution in [3.8, 4) is 5.75 Å². The van der Waals surface area contributed by atoms with Gasteiger partial charge >= 0.3 is 11.9 Å². The van der Waals surface area contributed by atoms with Gasteiger partial charge in [0.05, 0.1) is 11.1 Å². The summed E-state index contributed by atoms with van der Waals surface area (Å²) in [6.45, 7) is 2.35. The molecular weight excluding hydrogens is 448 g/mol. The van der Waals surface area contributed by atoms with E-state index in [4.69, 9.17) is 9.47 Å². The molecule has 2 fully saturated rings. The molecule has 0 amide bonds. The van der Waals surface area contributed by atoms with Gasteiger partial charge in [-0.3, -0.25) is 0 Å². The largest absolute Gasteiger partial charge is 0.458 e. The number of fused-ring (bicyclic) bond motifs is 5. The maximum absolute atomic E-state index is 12.8. The molecule has 6 rings (SSSR count). The lowest BCUT2D eigenvalue weighted by atomic mass is 9.55. The van der Waals surface area contributed by atoms with Crippen LogP contribution in [0.2, 0.25) is 0 Å². The normalized spacial score (nSPS) is 28.4. The SMILES string of the molecule is C[C@]12CC[C@@H]3c4ccc(OC(=O)c5ccccc5)cc4CC[C@@H]3[C@@H]1CC[C@@H]2OC(=O)c1ccccc1. The lowest BCUT2D eigenvalue weighted by Crippen LogP contribution is -2.45. The van der Waals surface area contributed by atoms with E-state index < -0.39 is 0 Å². The number of aryl methyl sites for hydroxylation is 1. The second-order valence-corrected chi connectivity index (χ2v) is 10.9. The van der Waals surface area contributed by atoms with E-state index in [9.17, 15) is 9.59 Å². The van der Waals surface area contributed by atoms with Gasteiger partial charge in [0.2, 0.25) is 0 Å². The van der Waals surface area contributed by atoms with Gasteiger partial charge in [-0.25, -0.2) is 9.59 Å². The highest BCUT2D eigenvalue weighted by Gasteiger charge is 2.56. The van der Waals surface area contributed by atoms with Crippen LogP contribution in [0.15, 0.2) is 78.9 Å². The first-order valence-electron chi connectivity index (χ1n) is 13.2. The summed E-state index contributed by atoms with van der Waals surface area (Å²) in [4.78, 5) is 25.3. The Hall–Kier alpha value is -3.40. The van der Waals surface area contributed by atoms with Crippen LogP contribution in [0.25, 0.3) is 0 Å². The fourth-order valence-electron chi connectivity index (χ4n) is 7.28. The Morgan fingerprint density at radius 1 is 0.806 bits per heavy atom. The molecule has 4 heteroatoms. The smallest absolute Gasteiger partial charge is 0.343 e. The van der Waals surface area contributed by atoms with Gasteiger partial charge in [-0.2, -0.15) is 0 Å². The number of hydrogen-bond acceptors (Lipinski definition) is 4. The van der Waals surface area contributed by atoms with Gasteiger partial charge in [-0.1, -0.05) is 49.4 Å². The summed E-state index contributed by atoms with van der Waals surface area (Å²) in [5, 5.41) is 0. The second kappa shape index (κ2) is 9.24. The molecular formula is C32H32O4. The van der Waals surface area contributed by atoms with Crippen LogP contribution in [0.5, 0.6) is 5.75 Å². The third-order valence-corrected chi connectivity index (χ3v) is 9.09. The minimum atomic E-state index is -0.320. The summed E-state index contributed by atoms with van der Waals surface area (Å²) in [5.74, 6) is 1.79. The van der Waals surface area contributed by atoms with Crippen molar-refractivity contribution >= 4 is 11.9 Å². The average Bonchev–Trinajstić information content (AvgIpc) is 3.25. The van der Waals surface area contributed by atoms with Gasteiger partial charge in [0.15, 0.2) is 0 Å². The van der Waals surface area contributed by atoms with Crippen LogP contribution < -0.4 is 4.74 Å². The molecule has 0 saturated heterocycles. The van der Waals surface area contributed by atoms with E-state index in [0.717, 1.165) is 38.5 Å². The second-order valence-electron chi connectivity index (χ2n) is 10.9. The Balaban J connectivity index is 1.17. The summed E-state index contributed by atoms with van der Waals surface area (Å²) in [6.07, 6.45) is 6.35. The van der Waals surface area contributed by atoms with Crippen molar-refractivity contribution in [3.63, 3.8) is 0 Å². The number of ether oxygens (including phenoxy) is 2. The number of hydrogen-bond donors (Lipinski definition) is 0. The molecule has 36 heavy (non-hydrogen) atoms. The predicted molar refractivity (Wildman–Crippen MR) is 138 cm³/mol. The molecule has 184 valence electrons. The van der Waals surface area contributed by atoms with E-state index in [1.165, 1.54) is 11.1 Å². The maximum Gasteiger partial charge on any atom is 0.343 e. The fourth-order valence-corrected chi connectivity index (χ4v) is 7.28. The predicted octanol–water partition coefficient (Wildman–Crippen LogP) is 6.99. The van der Waals surface area contributed by atoms with Gasteiger partial charge in [-0.15, -0.1) is 0 Å². The van der Waals surface area contributed by atoms with Gasteiger partial charge < -0.3 is 9.47 Å². The van der Waals surface area contributed by atoms with Crippen LogP contribution in [0.3, 0.4) is 0 Å². The van der Waals surface area contributed by atoms with Gasteiger partial charge in [0.25, 0.3) is 0 Å². The molecule has 0 aliphatic heterocycles. The van der Waals surface area contributed by atoms with Crippen molar-refractivity contribution in [3.05, 3.63) is 101 Å². The van der Waals surface area contributed by atoms with Crippen LogP contribution in [0, 0.1) is 17.3 Å². The molecule has 3 aromatic rings. The summed E-state index contributed by atoms with van der Waals surface area (Å²) >= 11 is 0. The molecule has 0 heterocycles. The van der Waals surface area contributed by atoms with Crippen LogP contribution in [-0.4, -0.2) is 18.0 Å². The Morgan fingerprint density at radius 2 is 1.50 bits per heavy atom. The average molecular weight is 481 g/mol. The van der Waals surface area contributed by atoms with Crippen molar-refractivity contribution in [1.29, 1.82) is 0 Å². The number of carbonyl (C=O) groups excluding carboxylic acids is 2. The molecule has 0 bridgehead atoms. The maximum atomic E-state index is 12.8. The van der Waals surface area contributed by atoms with Gasteiger partial charge in [0.1, 0.15) is 11.9 Å². The minimum absolute atomic E-state index is 0.0164. The summed E-state index contributed by atoms with van der Waals surface area (Å²) < 4.78 is 11.8. The molecule has 3 aliphatic carbocycles. The summed E-state index contributed by atoms with van der Waals surface area (Å²) in [5.41, 5.74) is 3.95. The van der Waals surface area contributed by atoms with Gasteiger partial charge in [0, 0.05) is 5.41 Å². The van der Waals surface area contributed by atoms with E-state index >= 15 is 0 Å². The number of esters is 2. The van der Waals surface area contributed by atoms with E-state index in [1.807, 2.05) is 54.6 Å². The zero-order chi connectivity index (χ0) is 24.7. The quantitative estimate of drug-likeness (QED) is 0.298. The summed E-state index contributed by atoms with van der Waals surface area (Å²) in [7, 11) is 0. The third kappa shape index (κ3) is 4.03. The highest BCUT2D eigenvalue weighted by molar-refractivity contribution is 5.91. The number of benzene rings is 3. The van der Waals surface area contributed by atoms with Crippen molar-refractivity contribution in [1.82, 2.24) is 0 Å². The van der Waals surface area contributed by atoms with Gasteiger partial charge in [-0.05, 0) is 104 Å². The molecule has 0 spiro atoms. The highest BCUT2D eigenvalue weighted by Crippen LogP contribution is 2.61. The number of carbonyl (C=O) groups is 2. The zero-order valence-corrected chi connectivity index (χ0v) is 20.7. The van der Waals surface area contributed by atoms with E-state index in [1.54, 1.807) is 12.1 Å². The Bertz CT molecular complexity index is 1270. The highest BCUT2D eigenvalue weighted by atomic mass is 16.5. The van der Waals surface area contributed by atoms with Crippen molar-refractivity contribution in [2.24, 2.45) is 17.3 Å². The van der Waals surface area contributed by atoms with Crippen LogP contribution in [-0.2, 0) is 11.2 Å². The molecule has 4 nitrogen and oxygen atoms in total. The van der Waals surface area contributed by atoms with E-state index in [-0.39, 0.29) is 23.5 Å². The molecule has 0 N–H and O–H groups in total. The molecule has 0 unspecified atom stereocenters. The van der Waals surface area contributed by atoms with E-state index in [2.05, 4.69) is 19.1 Å². The lowest BCUT2D eigenvalue weighted by molar-refractivity contribution is -0.0427. The molecule has 3 aromatic carbocycles. The third-order valence-electron chi connectivity index (χ3n) is 9.09. The number of rotatable bonds is 4. The van der Waals surface area contributed by atoms with Crippen LogP contribution in [0.4, 0.5) is 0 Å². The zero-order valence-electron chi connectivity index (χ0n) is 20.7. The fraction of sp³-hybridized carbons (Fsp3) is 0.375. The first-order chi connectivity index (χ1) is 17.5. The topological polar surface area (TPSA) is 52.6 Å². The summed E-state index contributed by atoms with van der Waals surface area (Å²) in [6, 6.07) is 24.7. The monoisotopic (exact) mass is 480 g/mol. The lowest BCUT2D eigenvalue weighted by Gasteiger charge is -2.50. The van der Waals surface area contributed by atoms with E-state index in [0.29, 0.717) is 34.6 Å². The Morgan fingerprint density at radius 3 is 2.22 bits per heavy atom. The van der Waals surface area contributed by atoms with Crippen molar-refractivity contribution < 1.29 is 19.1 Å². The first-order valence-corrected chi connectivity index (χ1v) is 13.2.